The van der Waals surface area contributed by atoms with Crippen molar-refractivity contribution in [2.45, 2.75) is 38.9 Å². The minimum absolute atomic E-state index is 0.115. The molecule has 23 heavy (non-hydrogen) atoms. The summed E-state index contributed by atoms with van der Waals surface area (Å²) >= 11 is 0. The van der Waals surface area contributed by atoms with Gasteiger partial charge in [0, 0.05) is 13.8 Å². The van der Waals surface area contributed by atoms with Crippen LogP contribution in [0.25, 0.3) is 0 Å². The van der Waals surface area contributed by atoms with Crippen molar-refractivity contribution in [2.75, 3.05) is 6.61 Å². The fourth-order valence-electron chi connectivity index (χ4n) is 2.18. The summed E-state index contributed by atoms with van der Waals surface area (Å²) in [7, 11) is 0. The molecule has 3 atom stereocenters. The molecule has 1 N–H and O–H groups in total. The Balaban J connectivity index is 1.93. The van der Waals surface area contributed by atoms with Crippen LogP contribution in [-0.4, -0.2) is 36.9 Å². The van der Waals surface area contributed by atoms with Crippen molar-refractivity contribution in [1.29, 1.82) is 0 Å². The summed E-state index contributed by atoms with van der Waals surface area (Å²) < 4.78 is 16.5. The first-order valence-corrected chi connectivity index (χ1v) is 7.44. The van der Waals surface area contributed by atoms with E-state index in [0.29, 0.717) is 6.61 Å². The van der Waals surface area contributed by atoms with Crippen molar-refractivity contribution >= 4 is 11.9 Å². The molecule has 1 aliphatic rings. The largest absolute Gasteiger partial charge is 0.463 e. The Bertz CT molecular complexity index is 519. The Morgan fingerprint density at radius 3 is 2.57 bits per heavy atom. The normalized spacial score (nSPS) is 24.0. The standard InChI is InChI=1S/C17H21NO5/c1-12(19)18-16-9-8-15(11-21-13(2)20)23-17(16)22-10-14-6-4-3-5-7-14/h3-9,15-17H,10-11H2,1-2H3,(H,18,19)/t15-,16-,17-/m1/s1. The van der Waals surface area contributed by atoms with Crippen molar-refractivity contribution in [3.05, 3.63) is 48.7 Å². The van der Waals surface area contributed by atoms with Gasteiger partial charge in [0.05, 0.1) is 18.8 Å². The topological polar surface area (TPSA) is 73.9 Å². The molecule has 0 aromatic heterocycles. The fraction of sp³-hybridized carbons (Fsp3) is 0.412. The molecule has 0 bridgehead atoms. The molecule has 0 unspecified atom stereocenters. The summed E-state index contributed by atoms with van der Waals surface area (Å²) in [5.74, 6) is -0.539. The van der Waals surface area contributed by atoms with E-state index in [0.717, 1.165) is 5.56 Å². The Morgan fingerprint density at radius 2 is 1.91 bits per heavy atom. The van der Waals surface area contributed by atoms with Crippen molar-refractivity contribution in [1.82, 2.24) is 5.32 Å². The van der Waals surface area contributed by atoms with Gasteiger partial charge in [0.2, 0.25) is 5.91 Å². The van der Waals surface area contributed by atoms with Crippen LogP contribution in [-0.2, 0) is 30.4 Å². The number of benzene rings is 1. The van der Waals surface area contributed by atoms with Gasteiger partial charge >= 0.3 is 5.97 Å². The molecule has 0 saturated carbocycles. The number of carbonyl (C=O) groups excluding carboxylic acids is 2. The van der Waals surface area contributed by atoms with Crippen LogP contribution in [0.15, 0.2) is 30.3 Å². The molecule has 124 valence electrons. The predicted molar refractivity (Wildman–Crippen MR) is 82.7 cm³/mol. The van der Waals surface area contributed by atoms with Crippen LogP contribution in [0.2, 0.25) is 0 Å². The molecule has 2 rings (SSSR count). The quantitative estimate of drug-likeness (QED) is 0.803. The van der Waals surface area contributed by atoms with Gasteiger partial charge in [0.1, 0.15) is 6.61 Å². The van der Waals surface area contributed by atoms with Crippen LogP contribution in [0.1, 0.15) is 19.4 Å². The summed E-state index contributed by atoms with van der Waals surface area (Å²) in [6, 6.07) is 9.29. The second kappa shape index (κ2) is 8.64. The fourth-order valence-corrected chi connectivity index (χ4v) is 2.18. The average Bonchev–Trinajstić information content (AvgIpc) is 2.53. The van der Waals surface area contributed by atoms with E-state index in [1.165, 1.54) is 13.8 Å². The van der Waals surface area contributed by atoms with Gasteiger partial charge < -0.3 is 19.5 Å². The van der Waals surface area contributed by atoms with Gasteiger partial charge in [-0.15, -0.1) is 0 Å². The molecule has 1 amide bonds. The molecule has 1 aromatic carbocycles. The first-order chi connectivity index (χ1) is 11.0. The third-order valence-corrected chi connectivity index (χ3v) is 3.21. The third-order valence-electron chi connectivity index (χ3n) is 3.21. The van der Waals surface area contributed by atoms with Gasteiger partial charge in [0.25, 0.3) is 0 Å². The Labute approximate surface area is 136 Å². The zero-order chi connectivity index (χ0) is 16.7. The van der Waals surface area contributed by atoms with Crippen LogP contribution >= 0.6 is 0 Å². The zero-order valence-electron chi connectivity index (χ0n) is 13.2. The maximum absolute atomic E-state index is 11.3. The first kappa shape index (κ1) is 17.4. The second-order valence-electron chi connectivity index (χ2n) is 5.25. The molecule has 0 aliphatic carbocycles. The van der Waals surface area contributed by atoms with E-state index in [2.05, 4.69) is 5.32 Å². The summed E-state index contributed by atoms with van der Waals surface area (Å²) in [5, 5.41) is 2.77. The van der Waals surface area contributed by atoms with Crippen LogP contribution in [0.5, 0.6) is 0 Å². The van der Waals surface area contributed by atoms with Crippen molar-refractivity contribution in [2.24, 2.45) is 0 Å². The van der Waals surface area contributed by atoms with Crippen LogP contribution < -0.4 is 5.32 Å². The van der Waals surface area contributed by atoms with Gasteiger partial charge in [0.15, 0.2) is 6.29 Å². The predicted octanol–water partition coefficient (Wildman–Crippen LogP) is 1.40. The Morgan fingerprint density at radius 1 is 1.17 bits per heavy atom. The lowest BCUT2D eigenvalue weighted by Gasteiger charge is -2.35. The molecule has 0 spiro atoms. The van der Waals surface area contributed by atoms with Crippen molar-refractivity contribution in [3.63, 3.8) is 0 Å². The van der Waals surface area contributed by atoms with E-state index in [-0.39, 0.29) is 24.5 Å². The molecule has 1 fully saturated rings. The van der Waals surface area contributed by atoms with E-state index >= 15 is 0 Å². The van der Waals surface area contributed by atoms with E-state index in [9.17, 15) is 9.59 Å². The zero-order valence-corrected chi connectivity index (χ0v) is 13.2. The molecular weight excluding hydrogens is 298 g/mol. The van der Waals surface area contributed by atoms with E-state index < -0.39 is 12.4 Å². The molecule has 6 nitrogen and oxygen atoms in total. The number of rotatable bonds is 6. The van der Waals surface area contributed by atoms with Crippen LogP contribution in [0.3, 0.4) is 0 Å². The lowest BCUT2D eigenvalue weighted by molar-refractivity contribution is -0.201. The van der Waals surface area contributed by atoms with Gasteiger partial charge in [-0.3, -0.25) is 9.59 Å². The lowest BCUT2D eigenvalue weighted by Crippen LogP contribution is -2.51. The summed E-state index contributed by atoms with van der Waals surface area (Å²) in [6.45, 7) is 3.25. The smallest absolute Gasteiger partial charge is 0.302 e. The van der Waals surface area contributed by atoms with Gasteiger partial charge in [-0.05, 0) is 18.4 Å². The molecule has 6 heteroatoms. The SMILES string of the molecule is CC(=O)N[C@@H]1[CH][CH][C@H](COC(C)=O)O[C@H]1OCc1ccccc1. The van der Waals surface area contributed by atoms with Gasteiger partial charge in [-0.25, -0.2) is 0 Å². The lowest BCUT2D eigenvalue weighted by atomic mass is 10.0. The second-order valence-corrected chi connectivity index (χ2v) is 5.25. The molecule has 1 aliphatic heterocycles. The van der Waals surface area contributed by atoms with E-state index in [1.807, 2.05) is 30.3 Å². The minimum Gasteiger partial charge on any atom is -0.463 e. The maximum atomic E-state index is 11.3. The summed E-state index contributed by atoms with van der Waals surface area (Å²) in [6.07, 6.45) is 2.51. The molecule has 1 aromatic rings. The highest BCUT2D eigenvalue weighted by Gasteiger charge is 2.33. The first-order valence-electron chi connectivity index (χ1n) is 7.44. The monoisotopic (exact) mass is 319 g/mol. The average molecular weight is 319 g/mol. The number of nitrogens with one attached hydrogen (secondary N) is 1. The number of amides is 1. The minimum atomic E-state index is -0.648. The number of hydrogen-bond acceptors (Lipinski definition) is 5. The molecular formula is C17H21NO5. The van der Waals surface area contributed by atoms with Gasteiger partial charge in [-0.2, -0.15) is 0 Å². The summed E-state index contributed by atoms with van der Waals surface area (Å²) in [4.78, 5) is 22.2. The Kier molecular flexibility index (Phi) is 6.55. The van der Waals surface area contributed by atoms with E-state index in [1.54, 1.807) is 12.8 Å². The number of hydrogen-bond donors (Lipinski definition) is 1. The van der Waals surface area contributed by atoms with E-state index in [4.69, 9.17) is 14.2 Å². The highest BCUT2D eigenvalue weighted by Crippen LogP contribution is 2.21. The Hall–Kier alpha value is -1.92. The molecule has 1 heterocycles. The maximum Gasteiger partial charge on any atom is 0.302 e. The van der Waals surface area contributed by atoms with Crippen LogP contribution in [0, 0.1) is 12.8 Å². The van der Waals surface area contributed by atoms with Crippen molar-refractivity contribution < 1.29 is 23.8 Å². The van der Waals surface area contributed by atoms with Crippen molar-refractivity contribution in [3.8, 4) is 0 Å². The highest BCUT2D eigenvalue weighted by molar-refractivity contribution is 5.73. The summed E-state index contributed by atoms with van der Waals surface area (Å²) in [5.41, 5.74) is 1.00. The van der Waals surface area contributed by atoms with Gasteiger partial charge in [-0.1, -0.05) is 30.3 Å². The van der Waals surface area contributed by atoms with Crippen LogP contribution in [0.4, 0.5) is 0 Å². The molecule has 2 radical (unpaired) electrons. The number of ether oxygens (including phenoxy) is 3. The number of esters is 1. The third kappa shape index (κ3) is 6.00. The highest BCUT2D eigenvalue weighted by atomic mass is 16.7. The number of carbonyl (C=O) groups is 2. The molecule has 1 saturated heterocycles.